The van der Waals surface area contributed by atoms with Crippen LogP contribution in [0, 0.1) is 0 Å². The molecule has 3 aromatic heterocycles. The van der Waals surface area contributed by atoms with Gasteiger partial charge in [0.15, 0.2) is 5.76 Å². The minimum absolute atomic E-state index is 0.00105. The molecule has 3 unspecified atom stereocenters. The fourth-order valence-electron chi connectivity index (χ4n) is 9.38. The highest BCUT2D eigenvalue weighted by Gasteiger charge is 2.33. The summed E-state index contributed by atoms with van der Waals surface area (Å²) in [5.41, 5.74) is 0.605. The second-order valence-electron chi connectivity index (χ2n) is 21.1. The first-order valence-corrected chi connectivity index (χ1v) is 35.1. The van der Waals surface area contributed by atoms with Crippen LogP contribution in [0.3, 0.4) is 0 Å². The minimum atomic E-state index is -4.90. The molecule has 29 nitrogen and oxygen atoms in total. The number of imide groups is 1. The summed E-state index contributed by atoms with van der Waals surface area (Å²) in [7, 11) is -12.8. The number of nitrogens with zero attached hydrogens (tertiary/aromatic N) is 2. The maximum Gasteiger partial charge on any atom is 0.333 e. The molecule has 9 N–H and O–H groups in total. The van der Waals surface area contributed by atoms with Crippen LogP contribution in [0.15, 0.2) is 79.1 Å². The highest BCUT2D eigenvalue weighted by molar-refractivity contribution is 7.88. The van der Waals surface area contributed by atoms with Crippen LogP contribution in [0.4, 0.5) is 0 Å². The molecule has 34 heteroatoms. The van der Waals surface area contributed by atoms with Gasteiger partial charge in [-0.25, -0.2) is 9.78 Å². The molecule has 498 valence electrons. The lowest BCUT2D eigenvalue weighted by atomic mass is 10.1. The largest absolute Gasteiger partial charge is 0.496 e. The molecule has 4 aromatic rings. The van der Waals surface area contributed by atoms with Crippen LogP contribution in [0.5, 0.6) is 11.5 Å². The first-order valence-electron chi connectivity index (χ1n) is 29.2. The lowest BCUT2D eigenvalue weighted by molar-refractivity contribution is -0.197. The van der Waals surface area contributed by atoms with Crippen molar-refractivity contribution < 1.29 is 96.0 Å². The van der Waals surface area contributed by atoms with Gasteiger partial charge >= 0.3 is 26.2 Å². The van der Waals surface area contributed by atoms with Crippen LogP contribution in [0.1, 0.15) is 125 Å². The monoisotopic (exact) mass is 1370 g/mol. The van der Waals surface area contributed by atoms with Crippen molar-refractivity contribution in [3.63, 3.8) is 0 Å². The lowest BCUT2D eigenvalue weighted by Crippen LogP contribution is -2.54. The van der Waals surface area contributed by atoms with Gasteiger partial charge in [-0.15, -0.1) is 27.7 Å². The summed E-state index contributed by atoms with van der Waals surface area (Å²) in [6.07, 6.45) is 7.60. The van der Waals surface area contributed by atoms with Gasteiger partial charge in [-0.1, -0.05) is 31.6 Å². The van der Waals surface area contributed by atoms with Gasteiger partial charge in [0.25, 0.3) is 21.9 Å². The Labute approximate surface area is 534 Å². The number of carbonyl (C=O) groups is 8. The summed E-state index contributed by atoms with van der Waals surface area (Å²) in [6, 6.07) is 3.54. The van der Waals surface area contributed by atoms with Crippen LogP contribution in [0.2, 0.25) is 0 Å². The van der Waals surface area contributed by atoms with Crippen molar-refractivity contribution in [1.29, 1.82) is 0 Å². The number of ether oxygens (including phenoxy) is 2. The van der Waals surface area contributed by atoms with Crippen molar-refractivity contribution in [2.24, 2.45) is 0 Å². The Kier molecular flexibility index (Phi) is 27.8. The molecule has 3 aliphatic rings. The molecule has 0 radical (unpaired) electrons. The second-order valence-corrected chi connectivity index (χ2v) is 28.1. The summed E-state index contributed by atoms with van der Waals surface area (Å²) in [6.45, 7) is 4.70. The highest BCUT2D eigenvalue weighted by atomic mass is 32.3. The number of methoxy groups -OCH3 is 1. The number of hydrogen-bond acceptors (Lipinski definition) is 22. The number of oxazole rings is 1. The molecule has 0 aliphatic carbocycles. The van der Waals surface area contributed by atoms with Crippen molar-refractivity contribution in [3.05, 3.63) is 77.0 Å². The number of thiophene rings is 2. The van der Waals surface area contributed by atoms with E-state index in [1.54, 1.807) is 6.08 Å². The number of fused-ring (bicyclic) bond motifs is 30. The van der Waals surface area contributed by atoms with E-state index in [0.29, 0.717) is 78.5 Å². The summed E-state index contributed by atoms with van der Waals surface area (Å²) in [4.78, 5) is 114. The molecule has 3 aliphatic heterocycles. The molecular formula is C57H74N8O21S5. The summed E-state index contributed by atoms with van der Waals surface area (Å²) < 4.78 is 120. The Hall–Kier alpha value is -7.44. The van der Waals surface area contributed by atoms with Gasteiger partial charge in [-0.2, -0.15) is 25.3 Å². The van der Waals surface area contributed by atoms with Crippen LogP contribution < -0.4 is 41.4 Å². The Balaban J connectivity index is 1.20. The standard InChI is InChI=1S/C57H74N8O21S5/c1-3-36-25-29-58-26-11-4-7-16-47(66)62-41(31-37-19-23-52(87-37)90(77,78)79)55(72)60-28-13-10-15-40(54(71)59-27-12-5-9-18-51(70)86-65-49(68)21-22-50(65)69)64-56(73)42(32-38-20-24-53(88-38)91(80,81)82)63-48(67)17-8-6-14-30-84-44-34-43(83-2)39(33-46(44)89(74,75)76)45-35-61-57(36)85-45/h3,19-20,23-25,33-35,40-42,58H,1,4-18,21-22,26-32H2,2H3,(H,59,71)(H,60,72)(H,62,66)(H,63,67)(H,64,73)(H,74,75,76)(H,77,78,79)(H,80,81,82)/b36-25+. The third-order valence-corrected chi connectivity index (χ3v) is 19.8. The van der Waals surface area contributed by atoms with Crippen LogP contribution in [-0.2, 0) is 86.4 Å². The van der Waals surface area contributed by atoms with Crippen LogP contribution in [0.25, 0.3) is 16.9 Å². The average Bonchev–Trinajstić information content (AvgIpc) is 1.76. The zero-order valence-corrected chi connectivity index (χ0v) is 53.8. The quantitative estimate of drug-likeness (QED) is 0.0402. The van der Waals surface area contributed by atoms with Crippen molar-refractivity contribution in [3.8, 4) is 22.8 Å². The summed E-state index contributed by atoms with van der Waals surface area (Å²) >= 11 is 1.36. The Morgan fingerprint density at radius 1 is 0.747 bits per heavy atom. The molecule has 6 heterocycles. The lowest BCUT2D eigenvalue weighted by Gasteiger charge is -2.23. The highest BCUT2D eigenvalue weighted by Crippen LogP contribution is 2.39. The minimum Gasteiger partial charge on any atom is -0.496 e. The van der Waals surface area contributed by atoms with E-state index in [1.165, 1.54) is 43.6 Å². The predicted octanol–water partition coefficient (Wildman–Crippen LogP) is 4.40. The van der Waals surface area contributed by atoms with Crippen LogP contribution >= 0.6 is 22.7 Å². The van der Waals surface area contributed by atoms with E-state index in [4.69, 9.17) is 18.7 Å². The van der Waals surface area contributed by atoms with Crippen molar-refractivity contribution in [1.82, 2.24) is 41.9 Å². The second kappa shape index (κ2) is 34.8. The number of aromatic nitrogens is 1. The first kappa shape index (κ1) is 72.6. The topological polar surface area (TPSA) is 429 Å². The van der Waals surface area contributed by atoms with Gasteiger partial charge in [-0.3, -0.25) is 47.2 Å². The van der Waals surface area contributed by atoms with Gasteiger partial charge < -0.3 is 50.6 Å². The molecule has 1 fully saturated rings. The molecule has 1 saturated heterocycles. The molecular weight excluding hydrogens is 1290 g/mol. The van der Waals surface area contributed by atoms with E-state index < -0.39 is 105 Å². The number of rotatable bonds is 17. The van der Waals surface area contributed by atoms with E-state index in [2.05, 4.69) is 43.5 Å². The maximum atomic E-state index is 14.3. The molecule has 0 saturated carbocycles. The number of amides is 7. The molecule has 91 heavy (non-hydrogen) atoms. The predicted molar refractivity (Wildman–Crippen MR) is 329 cm³/mol. The SMILES string of the molecule is C=C/C1=C\CNCCCCCC(=O)NC(Cc2ccc(S(=O)(=O)O)s2)C(=O)NCCCCC(C(=O)NCCCCCC(=O)ON2C(=O)CCC2=O)NC(=O)C(Cc2ccc(S(=O)(=O)O)s2)NC(=O)CCCCCOc2cc(OC)c(cc2S(=O)(=O)O)-c2cnc1o2. The van der Waals surface area contributed by atoms with Crippen molar-refractivity contribution >= 4 is 106 Å². The van der Waals surface area contributed by atoms with Crippen molar-refractivity contribution in [2.45, 2.75) is 153 Å². The van der Waals surface area contributed by atoms with E-state index in [-0.39, 0.29) is 141 Å². The fraction of sp³-hybridized carbons (Fsp3) is 0.491. The molecule has 4 bridgehead atoms. The Bertz CT molecular complexity index is 3620. The van der Waals surface area contributed by atoms with Gasteiger partial charge in [0.1, 0.15) is 42.9 Å². The number of carbonyl (C=O) groups excluding carboxylic acids is 8. The third-order valence-electron chi connectivity index (χ3n) is 14.1. The van der Waals surface area contributed by atoms with Crippen LogP contribution in [-0.4, -0.2) is 154 Å². The number of nitrogens with one attached hydrogen (secondary N) is 6. The Morgan fingerprint density at radius 2 is 1.36 bits per heavy atom. The number of unbranched alkanes of at least 4 members (excludes halogenated alkanes) is 2. The summed E-state index contributed by atoms with van der Waals surface area (Å²) in [5.74, 6) is -5.20. The van der Waals surface area contributed by atoms with E-state index >= 15 is 0 Å². The molecule has 7 rings (SSSR count). The van der Waals surface area contributed by atoms with E-state index in [1.807, 2.05) is 0 Å². The maximum absolute atomic E-state index is 14.3. The fourth-order valence-corrected chi connectivity index (χ4v) is 13.5. The Morgan fingerprint density at radius 3 is 1.96 bits per heavy atom. The van der Waals surface area contributed by atoms with E-state index in [9.17, 15) is 77.3 Å². The zero-order chi connectivity index (χ0) is 66.3. The average molecular weight is 1370 g/mol. The molecule has 0 spiro atoms. The van der Waals surface area contributed by atoms with Gasteiger partial charge in [-0.05, 0) is 101 Å². The van der Waals surface area contributed by atoms with Gasteiger partial charge in [0.05, 0.1) is 25.5 Å². The number of hydroxylamine groups is 2. The third kappa shape index (κ3) is 23.3. The number of allylic oxidation sites excluding steroid dienone is 2. The molecule has 1 aromatic carbocycles. The molecule has 7 amide bonds. The number of hydrogen-bond donors (Lipinski definition) is 9. The number of benzene rings is 1. The normalized spacial score (nSPS) is 19.8. The smallest absolute Gasteiger partial charge is 0.333 e. The first-order chi connectivity index (χ1) is 43.2. The van der Waals surface area contributed by atoms with Gasteiger partial charge in [0.2, 0.25) is 35.4 Å². The zero-order valence-electron chi connectivity index (χ0n) is 49.7. The van der Waals surface area contributed by atoms with E-state index in [0.717, 1.165) is 23.5 Å². The summed E-state index contributed by atoms with van der Waals surface area (Å²) in [5, 5.41) is 17.3. The van der Waals surface area contributed by atoms with Gasteiger partial charge in [0, 0.05) is 86.0 Å². The molecule has 3 atom stereocenters. The van der Waals surface area contributed by atoms with Crippen molar-refractivity contribution in [2.75, 3.05) is 39.9 Å².